The molecule has 0 radical (unpaired) electrons. The first-order chi connectivity index (χ1) is 9.79. The minimum Gasteiger partial charge on any atom is -0.308 e. The maximum absolute atomic E-state index is 13.9. The molecule has 1 aliphatic carbocycles. The molecular weight excluding hydrogens is 251 g/mol. The molecule has 1 saturated carbocycles. The van der Waals surface area contributed by atoms with Gasteiger partial charge in [0.25, 0.3) is 0 Å². The Hall–Kier alpha value is -1.74. The van der Waals surface area contributed by atoms with Gasteiger partial charge < -0.3 is 5.32 Å². The van der Waals surface area contributed by atoms with Crippen molar-refractivity contribution in [3.05, 3.63) is 65.2 Å². The summed E-state index contributed by atoms with van der Waals surface area (Å²) in [4.78, 5) is 4.20. The van der Waals surface area contributed by atoms with E-state index in [1.807, 2.05) is 13.1 Å². The second-order valence-electron chi connectivity index (χ2n) is 5.39. The zero-order chi connectivity index (χ0) is 13.9. The number of hydrogen-bond donors (Lipinski definition) is 1. The highest BCUT2D eigenvalue weighted by Crippen LogP contribution is 2.37. The molecule has 3 heteroatoms. The second-order valence-corrected chi connectivity index (χ2v) is 5.39. The number of halogens is 1. The number of hydrogen-bond acceptors (Lipinski definition) is 2. The fourth-order valence-corrected chi connectivity index (χ4v) is 2.81. The van der Waals surface area contributed by atoms with Crippen LogP contribution in [0.3, 0.4) is 0 Å². The first kappa shape index (κ1) is 13.3. The Kier molecular flexibility index (Phi) is 3.79. The van der Waals surface area contributed by atoms with E-state index in [4.69, 9.17) is 0 Å². The highest BCUT2D eigenvalue weighted by atomic mass is 19.1. The van der Waals surface area contributed by atoms with Crippen LogP contribution in [0.2, 0.25) is 0 Å². The van der Waals surface area contributed by atoms with E-state index in [9.17, 15) is 4.39 Å². The van der Waals surface area contributed by atoms with Crippen LogP contribution in [-0.4, -0.2) is 12.0 Å². The van der Waals surface area contributed by atoms with Crippen molar-refractivity contribution < 1.29 is 4.39 Å². The Morgan fingerprint density at radius 2 is 2.10 bits per heavy atom. The summed E-state index contributed by atoms with van der Waals surface area (Å²) in [6, 6.07) is 11.4. The molecule has 20 heavy (non-hydrogen) atoms. The van der Waals surface area contributed by atoms with Gasteiger partial charge in [0.2, 0.25) is 0 Å². The summed E-state index contributed by atoms with van der Waals surface area (Å²) in [5, 5.41) is 3.18. The standard InChI is InChI=1S/C17H19FN2/c1-19-16(17-15(18)9-4-10-20-17)14-8-3-7-13(11-14)12-5-2-6-12/h3-4,7-12,16,19H,2,5-6H2,1H3. The molecule has 1 heterocycles. The average Bonchev–Trinajstić information content (AvgIpc) is 2.40. The van der Waals surface area contributed by atoms with Crippen molar-refractivity contribution in [1.82, 2.24) is 10.3 Å². The number of nitrogens with zero attached hydrogens (tertiary/aromatic N) is 1. The van der Waals surface area contributed by atoms with Crippen LogP contribution in [0.15, 0.2) is 42.6 Å². The third kappa shape index (κ3) is 2.46. The van der Waals surface area contributed by atoms with E-state index in [0.29, 0.717) is 11.6 Å². The molecule has 104 valence electrons. The van der Waals surface area contributed by atoms with Crippen molar-refractivity contribution in [2.45, 2.75) is 31.2 Å². The second kappa shape index (κ2) is 5.71. The van der Waals surface area contributed by atoms with Crippen LogP contribution >= 0.6 is 0 Å². The van der Waals surface area contributed by atoms with E-state index in [2.05, 4.69) is 28.5 Å². The molecule has 0 bridgehead atoms. The molecule has 3 rings (SSSR count). The maximum Gasteiger partial charge on any atom is 0.146 e. The monoisotopic (exact) mass is 270 g/mol. The summed E-state index contributed by atoms with van der Waals surface area (Å²) in [6.07, 6.45) is 5.50. The van der Waals surface area contributed by atoms with Gasteiger partial charge in [0.1, 0.15) is 5.82 Å². The SMILES string of the molecule is CNC(c1cccc(C2CCC2)c1)c1ncccc1F. The van der Waals surface area contributed by atoms with Crippen LogP contribution < -0.4 is 5.32 Å². The Balaban J connectivity index is 1.95. The molecule has 1 aromatic carbocycles. The predicted molar refractivity (Wildman–Crippen MR) is 78.1 cm³/mol. The van der Waals surface area contributed by atoms with Gasteiger partial charge in [-0.3, -0.25) is 4.98 Å². The Bertz CT molecular complexity index is 593. The third-order valence-electron chi connectivity index (χ3n) is 4.17. The smallest absolute Gasteiger partial charge is 0.146 e. The highest BCUT2D eigenvalue weighted by molar-refractivity contribution is 5.34. The predicted octanol–water partition coefficient (Wildman–Crippen LogP) is 3.80. The summed E-state index contributed by atoms with van der Waals surface area (Å²) < 4.78 is 13.9. The maximum atomic E-state index is 13.9. The summed E-state index contributed by atoms with van der Waals surface area (Å²) >= 11 is 0. The molecule has 2 aromatic rings. The van der Waals surface area contributed by atoms with Gasteiger partial charge >= 0.3 is 0 Å². The van der Waals surface area contributed by atoms with Gasteiger partial charge in [-0.15, -0.1) is 0 Å². The molecular formula is C17H19FN2. The number of pyridine rings is 1. The van der Waals surface area contributed by atoms with Gasteiger partial charge in [-0.05, 0) is 49.1 Å². The van der Waals surface area contributed by atoms with Crippen LogP contribution in [0.1, 0.15) is 48.0 Å². The lowest BCUT2D eigenvalue weighted by atomic mass is 9.79. The van der Waals surface area contributed by atoms with E-state index in [-0.39, 0.29) is 11.9 Å². The molecule has 0 aliphatic heterocycles. The molecule has 0 spiro atoms. The molecule has 1 N–H and O–H groups in total. The molecule has 0 saturated heterocycles. The van der Waals surface area contributed by atoms with Crippen molar-refractivity contribution in [3.63, 3.8) is 0 Å². The fourth-order valence-electron chi connectivity index (χ4n) is 2.81. The van der Waals surface area contributed by atoms with E-state index in [1.165, 1.54) is 30.9 Å². The topological polar surface area (TPSA) is 24.9 Å². The minimum absolute atomic E-state index is 0.198. The van der Waals surface area contributed by atoms with Crippen molar-refractivity contribution >= 4 is 0 Å². The first-order valence-electron chi connectivity index (χ1n) is 7.17. The molecule has 0 amide bonds. The van der Waals surface area contributed by atoms with Crippen LogP contribution in [-0.2, 0) is 0 Å². The normalized spacial score (nSPS) is 16.7. The molecule has 1 aromatic heterocycles. The third-order valence-corrected chi connectivity index (χ3v) is 4.17. The van der Waals surface area contributed by atoms with Gasteiger partial charge in [0, 0.05) is 6.20 Å². The zero-order valence-electron chi connectivity index (χ0n) is 11.6. The molecule has 1 aliphatic rings. The van der Waals surface area contributed by atoms with Crippen molar-refractivity contribution in [2.24, 2.45) is 0 Å². The quantitative estimate of drug-likeness (QED) is 0.914. The van der Waals surface area contributed by atoms with Crippen molar-refractivity contribution in [2.75, 3.05) is 7.05 Å². The highest BCUT2D eigenvalue weighted by Gasteiger charge is 2.22. The van der Waals surface area contributed by atoms with Gasteiger partial charge in [0.05, 0.1) is 11.7 Å². The van der Waals surface area contributed by atoms with Gasteiger partial charge in [-0.2, -0.15) is 0 Å². The molecule has 1 atom stereocenters. The number of aromatic nitrogens is 1. The Labute approximate surface area is 119 Å². The summed E-state index contributed by atoms with van der Waals surface area (Å²) in [5.74, 6) is 0.418. The van der Waals surface area contributed by atoms with Gasteiger partial charge in [-0.25, -0.2) is 4.39 Å². The molecule has 2 nitrogen and oxygen atoms in total. The average molecular weight is 270 g/mol. The fraction of sp³-hybridized carbons (Fsp3) is 0.353. The van der Waals surface area contributed by atoms with E-state index in [0.717, 1.165) is 5.56 Å². The lowest BCUT2D eigenvalue weighted by molar-refractivity contribution is 0.419. The van der Waals surface area contributed by atoms with Crippen LogP contribution in [0.4, 0.5) is 4.39 Å². The lowest BCUT2D eigenvalue weighted by Gasteiger charge is -2.27. The number of rotatable bonds is 4. The first-order valence-corrected chi connectivity index (χ1v) is 7.17. The zero-order valence-corrected chi connectivity index (χ0v) is 11.6. The van der Waals surface area contributed by atoms with Crippen LogP contribution in [0.25, 0.3) is 0 Å². The van der Waals surface area contributed by atoms with E-state index >= 15 is 0 Å². The molecule has 1 fully saturated rings. The van der Waals surface area contributed by atoms with E-state index < -0.39 is 0 Å². The van der Waals surface area contributed by atoms with Crippen LogP contribution in [0.5, 0.6) is 0 Å². The summed E-state index contributed by atoms with van der Waals surface area (Å²) in [6.45, 7) is 0. The Morgan fingerprint density at radius 1 is 1.25 bits per heavy atom. The Morgan fingerprint density at radius 3 is 2.75 bits per heavy atom. The van der Waals surface area contributed by atoms with E-state index in [1.54, 1.807) is 12.3 Å². The van der Waals surface area contributed by atoms with Gasteiger partial charge in [-0.1, -0.05) is 30.7 Å². The van der Waals surface area contributed by atoms with Crippen molar-refractivity contribution in [1.29, 1.82) is 0 Å². The van der Waals surface area contributed by atoms with Crippen molar-refractivity contribution in [3.8, 4) is 0 Å². The number of benzene rings is 1. The lowest BCUT2D eigenvalue weighted by Crippen LogP contribution is -2.21. The van der Waals surface area contributed by atoms with Gasteiger partial charge in [0.15, 0.2) is 0 Å². The summed E-state index contributed by atoms with van der Waals surface area (Å²) in [7, 11) is 1.84. The largest absolute Gasteiger partial charge is 0.308 e. The molecule has 1 unspecified atom stereocenters. The summed E-state index contributed by atoms with van der Waals surface area (Å²) in [5.41, 5.74) is 2.90. The number of nitrogens with one attached hydrogen (secondary N) is 1. The van der Waals surface area contributed by atoms with Crippen LogP contribution in [0, 0.1) is 5.82 Å². The minimum atomic E-state index is -0.263.